The van der Waals surface area contributed by atoms with Crippen molar-refractivity contribution in [2.24, 2.45) is 0 Å². The van der Waals surface area contributed by atoms with E-state index in [9.17, 15) is 4.79 Å². The lowest BCUT2D eigenvalue weighted by molar-refractivity contribution is -0.141. The lowest BCUT2D eigenvalue weighted by atomic mass is 10.2. The Kier molecular flexibility index (Phi) is 4.75. The Labute approximate surface area is 90.2 Å². The van der Waals surface area contributed by atoms with E-state index in [0.717, 1.165) is 13.1 Å². The van der Waals surface area contributed by atoms with E-state index in [1.807, 2.05) is 11.8 Å². The number of carbonyl (C=O) groups is 1. The Morgan fingerprint density at radius 3 is 3.00 bits per heavy atom. The number of hydrogen-bond acceptors (Lipinski definition) is 4. The van der Waals surface area contributed by atoms with E-state index in [1.54, 1.807) is 0 Å². The van der Waals surface area contributed by atoms with Crippen LogP contribution in [0.2, 0.25) is 0 Å². The summed E-state index contributed by atoms with van der Waals surface area (Å²) in [6, 6.07) is 0.311. The first kappa shape index (κ1) is 11.9. The molecule has 0 aromatic carbocycles. The van der Waals surface area contributed by atoms with E-state index in [4.69, 9.17) is 0 Å². The largest absolute Gasteiger partial charge is 0.469 e. The molecule has 2 unspecified atom stereocenters. The first-order valence-electron chi connectivity index (χ1n) is 5.06. The maximum atomic E-state index is 11.1. The third-order valence-corrected chi connectivity index (χ3v) is 3.72. The number of carbonyl (C=O) groups excluding carboxylic acids is 1. The van der Waals surface area contributed by atoms with Crippen molar-refractivity contribution in [1.82, 2.24) is 4.90 Å². The van der Waals surface area contributed by atoms with Gasteiger partial charge in [-0.15, -0.1) is 0 Å². The summed E-state index contributed by atoms with van der Waals surface area (Å²) in [5, 5.41) is 0.684. The SMILES string of the molecule is COC(=O)CC(C)N1CCSC(C)C1. The summed E-state index contributed by atoms with van der Waals surface area (Å²) < 4.78 is 4.67. The zero-order valence-electron chi connectivity index (χ0n) is 9.16. The predicted octanol–water partition coefficient (Wildman–Crippen LogP) is 1.38. The minimum absolute atomic E-state index is 0.108. The summed E-state index contributed by atoms with van der Waals surface area (Å²) in [4.78, 5) is 13.5. The summed E-state index contributed by atoms with van der Waals surface area (Å²) in [7, 11) is 1.45. The average molecular weight is 217 g/mol. The van der Waals surface area contributed by atoms with Crippen LogP contribution in [0, 0.1) is 0 Å². The van der Waals surface area contributed by atoms with Crippen molar-refractivity contribution >= 4 is 17.7 Å². The van der Waals surface area contributed by atoms with Crippen molar-refractivity contribution in [2.45, 2.75) is 31.6 Å². The molecule has 0 bridgehead atoms. The third-order valence-electron chi connectivity index (χ3n) is 2.59. The zero-order valence-corrected chi connectivity index (χ0v) is 9.97. The van der Waals surface area contributed by atoms with Gasteiger partial charge in [0.05, 0.1) is 13.5 Å². The molecule has 1 aliphatic heterocycles. The molecule has 0 aromatic rings. The molecule has 3 nitrogen and oxygen atoms in total. The van der Waals surface area contributed by atoms with Gasteiger partial charge < -0.3 is 4.74 Å². The highest BCUT2D eigenvalue weighted by Crippen LogP contribution is 2.20. The Hall–Kier alpha value is -0.220. The fourth-order valence-corrected chi connectivity index (χ4v) is 2.74. The van der Waals surface area contributed by atoms with E-state index in [-0.39, 0.29) is 5.97 Å². The molecule has 0 aliphatic carbocycles. The fraction of sp³-hybridized carbons (Fsp3) is 0.900. The zero-order chi connectivity index (χ0) is 10.6. The predicted molar refractivity (Wildman–Crippen MR) is 59.6 cm³/mol. The van der Waals surface area contributed by atoms with Gasteiger partial charge in [0, 0.05) is 30.1 Å². The van der Waals surface area contributed by atoms with Crippen LogP contribution in [0.15, 0.2) is 0 Å². The second kappa shape index (κ2) is 5.61. The number of rotatable bonds is 3. The molecule has 1 heterocycles. The first-order valence-corrected chi connectivity index (χ1v) is 6.11. The van der Waals surface area contributed by atoms with Crippen molar-refractivity contribution in [2.75, 3.05) is 26.0 Å². The van der Waals surface area contributed by atoms with Crippen molar-refractivity contribution in [3.63, 3.8) is 0 Å². The summed E-state index contributed by atoms with van der Waals surface area (Å²) in [6.07, 6.45) is 0.508. The van der Waals surface area contributed by atoms with Crippen LogP contribution in [0.25, 0.3) is 0 Å². The van der Waals surface area contributed by atoms with Crippen LogP contribution in [0.5, 0.6) is 0 Å². The third kappa shape index (κ3) is 3.50. The molecule has 0 N–H and O–H groups in total. The number of hydrogen-bond donors (Lipinski definition) is 0. The van der Waals surface area contributed by atoms with Crippen molar-refractivity contribution in [3.8, 4) is 0 Å². The number of methoxy groups -OCH3 is 1. The van der Waals surface area contributed by atoms with Crippen LogP contribution in [-0.4, -0.2) is 48.1 Å². The van der Waals surface area contributed by atoms with Crippen molar-refractivity contribution in [1.29, 1.82) is 0 Å². The number of ether oxygens (including phenoxy) is 1. The van der Waals surface area contributed by atoms with Gasteiger partial charge in [-0.2, -0.15) is 11.8 Å². The number of nitrogens with zero attached hydrogens (tertiary/aromatic N) is 1. The smallest absolute Gasteiger partial charge is 0.307 e. The highest BCUT2D eigenvalue weighted by atomic mass is 32.2. The molecule has 0 spiro atoms. The molecule has 1 saturated heterocycles. The normalized spacial score (nSPS) is 25.8. The van der Waals surface area contributed by atoms with Gasteiger partial charge in [0.1, 0.15) is 0 Å². The van der Waals surface area contributed by atoms with Gasteiger partial charge in [0.2, 0.25) is 0 Å². The van der Waals surface area contributed by atoms with Gasteiger partial charge in [0.15, 0.2) is 0 Å². The van der Waals surface area contributed by atoms with Crippen LogP contribution < -0.4 is 0 Å². The quantitative estimate of drug-likeness (QED) is 0.668. The Balaban J connectivity index is 2.35. The molecule has 0 aromatic heterocycles. The van der Waals surface area contributed by atoms with E-state index in [0.29, 0.717) is 17.7 Å². The highest BCUT2D eigenvalue weighted by Gasteiger charge is 2.22. The van der Waals surface area contributed by atoms with E-state index in [2.05, 4.69) is 23.5 Å². The van der Waals surface area contributed by atoms with Gasteiger partial charge in [-0.05, 0) is 6.92 Å². The monoisotopic (exact) mass is 217 g/mol. The van der Waals surface area contributed by atoms with Gasteiger partial charge in [-0.1, -0.05) is 6.92 Å². The van der Waals surface area contributed by atoms with Crippen molar-refractivity contribution < 1.29 is 9.53 Å². The molecule has 2 atom stereocenters. The molecule has 1 aliphatic rings. The fourth-order valence-electron chi connectivity index (χ4n) is 1.70. The lowest BCUT2D eigenvalue weighted by Crippen LogP contribution is -2.43. The van der Waals surface area contributed by atoms with Crippen molar-refractivity contribution in [3.05, 3.63) is 0 Å². The van der Waals surface area contributed by atoms with Crippen LogP contribution >= 0.6 is 11.8 Å². The van der Waals surface area contributed by atoms with Crippen LogP contribution in [-0.2, 0) is 9.53 Å². The summed E-state index contributed by atoms with van der Waals surface area (Å²) in [5.74, 6) is 1.07. The minimum Gasteiger partial charge on any atom is -0.469 e. The maximum Gasteiger partial charge on any atom is 0.307 e. The molecule has 0 saturated carbocycles. The summed E-state index contributed by atoms with van der Waals surface area (Å²) in [5.41, 5.74) is 0. The molecule has 0 amide bonds. The number of thioether (sulfide) groups is 1. The molecular weight excluding hydrogens is 198 g/mol. The molecule has 1 rings (SSSR count). The molecule has 82 valence electrons. The minimum atomic E-state index is -0.108. The standard InChI is InChI=1S/C10H19NO2S/c1-8(6-10(12)13-3)11-4-5-14-9(2)7-11/h8-9H,4-7H2,1-3H3. The van der Waals surface area contributed by atoms with E-state index < -0.39 is 0 Å². The molecule has 4 heteroatoms. The lowest BCUT2D eigenvalue weighted by Gasteiger charge is -2.34. The summed E-state index contributed by atoms with van der Waals surface area (Å²) >= 11 is 2.01. The molecule has 14 heavy (non-hydrogen) atoms. The van der Waals surface area contributed by atoms with Crippen LogP contribution in [0.1, 0.15) is 20.3 Å². The molecule has 1 fully saturated rings. The molecular formula is C10H19NO2S. The number of esters is 1. The van der Waals surface area contributed by atoms with Gasteiger partial charge in [-0.25, -0.2) is 0 Å². The Morgan fingerprint density at radius 2 is 2.43 bits per heavy atom. The second-order valence-electron chi connectivity index (χ2n) is 3.81. The van der Waals surface area contributed by atoms with E-state index >= 15 is 0 Å². The molecule has 0 radical (unpaired) electrons. The topological polar surface area (TPSA) is 29.5 Å². The van der Waals surface area contributed by atoms with Gasteiger partial charge in [0.25, 0.3) is 0 Å². The maximum absolute atomic E-state index is 11.1. The average Bonchev–Trinajstić information content (AvgIpc) is 2.17. The van der Waals surface area contributed by atoms with E-state index in [1.165, 1.54) is 12.9 Å². The first-order chi connectivity index (χ1) is 6.63. The Bertz CT molecular complexity index is 199. The van der Waals surface area contributed by atoms with Crippen LogP contribution in [0.4, 0.5) is 0 Å². The second-order valence-corrected chi connectivity index (χ2v) is 5.35. The highest BCUT2D eigenvalue weighted by molar-refractivity contribution is 7.99. The van der Waals surface area contributed by atoms with Gasteiger partial charge >= 0.3 is 5.97 Å². The van der Waals surface area contributed by atoms with Gasteiger partial charge in [-0.3, -0.25) is 9.69 Å². The van der Waals surface area contributed by atoms with Crippen LogP contribution in [0.3, 0.4) is 0 Å². The Morgan fingerprint density at radius 1 is 1.71 bits per heavy atom. The summed E-state index contributed by atoms with van der Waals surface area (Å²) in [6.45, 7) is 6.51.